The molecule has 1 aromatic rings. The van der Waals surface area contributed by atoms with Gasteiger partial charge < -0.3 is 0 Å². The molecular formula is C12H15Cl2NO2. The van der Waals surface area contributed by atoms with Gasteiger partial charge in [-0.25, -0.2) is 0 Å². The summed E-state index contributed by atoms with van der Waals surface area (Å²) in [4.78, 5) is 10.1. The van der Waals surface area contributed by atoms with Crippen LogP contribution in [0.2, 0.25) is 5.02 Å². The molecule has 0 radical (unpaired) electrons. The molecule has 17 heavy (non-hydrogen) atoms. The first-order chi connectivity index (χ1) is 7.71. The summed E-state index contributed by atoms with van der Waals surface area (Å²) >= 11 is 12.3. The first-order valence-corrected chi connectivity index (χ1v) is 6.10. The van der Waals surface area contributed by atoms with Crippen LogP contribution in [0, 0.1) is 15.5 Å². The van der Waals surface area contributed by atoms with Crippen molar-refractivity contribution >= 4 is 28.9 Å². The Kier molecular flexibility index (Phi) is 4.39. The van der Waals surface area contributed by atoms with Gasteiger partial charge in [0.15, 0.2) is 0 Å². The standard InChI is InChI=1S/C12H15Cl2NO2/c1-12(2,3)11(14)6-8-4-5-9(15(16)17)7-10(8)13/h4-5,7,11H,6H2,1-3H3. The maximum atomic E-state index is 10.6. The summed E-state index contributed by atoms with van der Waals surface area (Å²) in [5.41, 5.74) is 0.806. The molecule has 0 aliphatic heterocycles. The van der Waals surface area contributed by atoms with Gasteiger partial charge in [-0.2, -0.15) is 0 Å². The van der Waals surface area contributed by atoms with E-state index in [9.17, 15) is 10.1 Å². The van der Waals surface area contributed by atoms with Crippen LogP contribution in [0.5, 0.6) is 0 Å². The normalized spacial score (nSPS) is 13.5. The van der Waals surface area contributed by atoms with Crippen LogP contribution in [0.1, 0.15) is 26.3 Å². The molecule has 1 unspecified atom stereocenters. The maximum Gasteiger partial charge on any atom is 0.270 e. The number of alkyl halides is 1. The number of hydrogen-bond donors (Lipinski definition) is 0. The van der Waals surface area contributed by atoms with Crippen LogP contribution in [0.25, 0.3) is 0 Å². The Morgan fingerprint density at radius 3 is 2.41 bits per heavy atom. The van der Waals surface area contributed by atoms with E-state index in [0.717, 1.165) is 5.56 Å². The summed E-state index contributed by atoms with van der Waals surface area (Å²) in [5, 5.41) is 10.9. The van der Waals surface area contributed by atoms with E-state index >= 15 is 0 Å². The highest BCUT2D eigenvalue weighted by Gasteiger charge is 2.23. The molecule has 1 atom stereocenters. The SMILES string of the molecule is CC(C)(C)C(Cl)Cc1ccc([N+](=O)[O-])cc1Cl. The lowest BCUT2D eigenvalue weighted by molar-refractivity contribution is -0.384. The van der Waals surface area contributed by atoms with Crippen LogP contribution < -0.4 is 0 Å². The second-order valence-electron chi connectivity index (χ2n) is 5.07. The molecule has 1 aromatic carbocycles. The van der Waals surface area contributed by atoms with Crippen LogP contribution in [0.15, 0.2) is 18.2 Å². The van der Waals surface area contributed by atoms with Gasteiger partial charge in [0, 0.05) is 17.5 Å². The Hall–Kier alpha value is -0.800. The number of nitrogens with zero attached hydrogens (tertiary/aromatic N) is 1. The van der Waals surface area contributed by atoms with Crippen LogP contribution in [0.3, 0.4) is 0 Å². The molecule has 0 aliphatic rings. The molecule has 5 heteroatoms. The van der Waals surface area contributed by atoms with Crippen LogP contribution >= 0.6 is 23.2 Å². The van der Waals surface area contributed by atoms with Gasteiger partial charge in [0.05, 0.1) is 9.95 Å². The van der Waals surface area contributed by atoms with E-state index in [2.05, 4.69) is 0 Å². The van der Waals surface area contributed by atoms with Crippen LogP contribution in [-0.2, 0) is 6.42 Å². The number of halogens is 2. The number of rotatable bonds is 3. The van der Waals surface area contributed by atoms with E-state index in [0.29, 0.717) is 11.4 Å². The lowest BCUT2D eigenvalue weighted by Crippen LogP contribution is -2.23. The van der Waals surface area contributed by atoms with Gasteiger partial charge in [-0.3, -0.25) is 10.1 Å². The highest BCUT2D eigenvalue weighted by Crippen LogP contribution is 2.31. The second-order valence-corrected chi connectivity index (χ2v) is 6.00. The van der Waals surface area contributed by atoms with Gasteiger partial charge in [-0.05, 0) is 17.4 Å². The van der Waals surface area contributed by atoms with Crippen molar-refractivity contribution < 1.29 is 4.92 Å². The highest BCUT2D eigenvalue weighted by molar-refractivity contribution is 6.31. The summed E-state index contributed by atoms with van der Waals surface area (Å²) in [7, 11) is 0. The molecule has 0 spiro atoms. The van der Waals surface area contributed by atoms with Crippen LogP contribution in [0.4, 0.5) is 5.69 Å². The lowest BCUT2D eigenvalue weighted by Gasteiger charge is -2.25. The zero-order valence-corrected chi connectivity index (χ0v) is 11.5. The summed E-state index contributed by atoms with van der Waals surface area (Å²) < 4.78 is 0. The van der Waals surface area contributed by atoms with E-state index in [1.165, 1.54) is 12.1 Å². The Morgan fingerprint density at radius 1 is 1.41 bits per heavy atom. The summed E-state index contributed by atoms with van der Waals surface area (Å²) in [6.45, 7) is 6.14. The molecule has 0 aliphatic carbocycles. The zero-order valence-electron chi connectivity index (χ0n) is 10.0. The molecule has 0 amide bonds. The monoisotopic (exact) mass is 275 g/mol. The summed E-state index contributed by atoms with van der Waals surface area (Å²) in [6.07, 6.45) is 0.599. The van der Waals surface area contributed by atoms with Crippen molar-refractivity contribution in [1.29, 1.82) is 0 Å². The third-order valence-electron chi connectivity index (χ3n) is 2.59. The fourth-order valence-electron chi connectivity index (χ4n) is 1.31. The first kappa shape index (κ1) is 14.3. The molecule has 0 fully saturated rings. The third-order valence-corrected chi connectivity index (χ3v) is 3.75. The van der Waals surface area contributed by atoms with Crippen molar-refractivity contribution in [3.05, 3.63) is 38.9 Å². The summed E-state index contributed by atoms with van der Waals surface area (Å²) in [6, 6.07) is 4.48. The third kappa shape index (κ3) is 3.86. The van der Waals surface area contributed by atoms with Gasteiger partial charge in [0.25, 0.3) is 5.69 Å². The lowest BCUT2D eigenvalue weighted by atomic mass is 9.88. The predicted molar refractivity (Wildman–Crippen MR) is 70.9 cm³/mol. The van der Waals surface area contributed by atoms with Gasteiger partial charge in [0.1, 0.15) is 0 Å². The molecule has 0 saturated heterocycles. The largest absolute Gasteiger partial charge is 0.270 e. The van der Waals surface area contributed by atoms with Crippen molar-refractivity contribution in [1.82, 2.24) is 0 Å². The van der Waals surface area contributed by atoms with Gasteiger partial charge in [-0.1, -0.05) is 38.4 Å². The van der Waals surface area contributed by atoms with Crippen molar-refractivity contribution in [2.45, 2.75) is 32.6 Å². The van der Waals surface area contributed by atoms with E-state index in [-0.39, 0.29) is 16.5 Å². The van der Waals surface area contributed by atoms with E-state index in [1.807, 2.05) is 20.8 Å². The number of nitro benzene ring substituents is 1. The van der Waals surface area contributed by atoms with E-state index in [1.54, 1.807) is 6.07 Å². The fourth-order valence-corrected chi connectivity index (χ4v) is 1.73. The quantitative estimate of drug-likeness (QED) is 0.465. The number of nitro groups is 1. The minimum atomic E-state index is -0.461. The first-order valence-electron chi connectivity index (χ1n) is 5.28. The Balaban J connectivity index is 2.90. The maximum absolute atomic E-state index is 10.6. The van der Waals surface area contributed by atoms with Crippen molar-refractivity contribution in [2.24, 2.45) is 5.41 Å². The average molecular weight is 276 g/mol. The van der Waals surface area contributed by atoms with Crippen molar-refractivity contribution in [3.63, 3.8) is 0 Å². The Morgan fingerprint density at radius 2 is 2.00 bits per heavy atom. The minimum absolute atomic E-state index is 0.000584. The molecule has 1 rings (SSSR count). The summed E-state index contributed by atoms with van der Waals surface area (Å²) in [5.74, 6) is 0. The minimum Gasteiger partial charge on any atom is -0.258 e. The van der Waals surface area contributed by atoms with Crippen molar-refractivity contribution in [3.8, 4) is 0 Å². The van der Waals surface area contributed by atoms with Crippen LogP contribution in [-0.4, -0.2) is 10.3 Å². The molecular weight excluding hydrogens is 261 g/mol. The predicted octanol–water partition coefficient (Wildman–Crippen LogP) is 4.44. The number of benzene rings is 1. The smallest absolute Gasteiger partial charge is 0.258 e. The topological polar surface area (TPSA) is 43.1 Å². The Bertz CT molecular complexity index is 427. The fraction of sp³-hybridized carbons (Fsp3) is 0.500. The average Bonchev–Trinajstić information content (AvgIpc) is 2.19. The Labute approximate surface area is 111 Å². The number of non-ortho nitro benzene ring substituents is 1. The van der Waals surface area contributed by atoms with Gasteiger partial charge >= 0.3 is 0 Å². The highest BCUT2D eigenvalue weighted by atomic mass is 35.5. The van der Waals surface area contributed by atoms with E-state index in [4.69, 9.17) is 23.2 Å². The van der Waals surface area contributed by atoms with E-state index < -0.39 is 4.92 Å². The number of hydrogen-bond acceptors (Lipinski definition) is 2. The molecule has 0 N–H and O–H groups in total. The molecule has 0 bridgehead atoms. The van der Waals surface area contributed by atoms with Gasteiger partial charge in [0.2, 0.25) is 0 Å². The molecule has 0 heterocycles. The van der Waals surface area contributed by atoms with Crippen molar-refractivity contribution in [2.75, 3.05) is 0 Å². The molecule has 94 valence electrons. The molecule has 3 nitrogen and oxygen atoms in total. The second kappa shape index (κ2) is 5.23. The zero-order chi connectivity index (χ0) is 13.2. The molecule has 0 saturated carbocycles. The molecule has 0 aromatic heterocycles. The van der Waals surface area contributed by atoms with Gasteiger partial charge in [-0.15, -0.1) is 11.6 Å².